The average molecular weight is 377 g/mol. The van der Waals surface area contributed by atoms with Crippen molar-refractivity contribution in [2.75, 3.05) is 6.61 Å². The molecule has 0 aromatic rings. The van der Waals surface area contributed by atoms with E-state index in [9.17, 15) is 4.79 Å². The lowest BCUT2D eigenvalue weighted by atomic mass is 9.75. The SMILES string of the molecule is CCCCCC/C=C/C1CCOC1(C=CCCCCC(=O)O)C1CCCC1. The van der Waals surface area contributed by atoms with Crippen LogP contribution in [0.3, 0.4) is 0 Å². The molecule has 0 spiro atoms. The van der Waals surface area contributed by atoms with Gasteiger partial charge < -0.3 is 9.84 Å². The average Bonchev–Trinajstić information content (AvgIpc) is 3.31. The van der Waals surface area contributed by atoms with Crippen molar-refractivity contribution in [3.8, 4) is 0 Å². The van der Waals surface area contributed by atoms with E-state index in [-0.39, 0.29) is 12.0 Å². The van der Waals surface area contributed by atoms with E-state index in [2.05, 4.69) is 31.2 Å². The molecule has 3 heteroatoms. The Bertz CT molecular complexity index is 476. The number of aliphatic carboxylic acids is 1. The molecule has 2 aliphatic rings. The maximum absolute atomic E-state index is 10.6. The number of carbonyl (C=O) groups is 1. The quantitative estimate of drug-likeness (QED) is 0.288. The van der Waals surface area contributed by atoms with Crippen LogP contribution in [0.5, 0.6) is 0 Å². The van der Waals surface area contributed by atoms with Crippen LogP contribution in [-0.4, -0.2) is 23.3 Å². The normalized spacial score (nSPS) is 26.6. The monoisotopic (exact) mass is 376 g/mol. The van der Waals surface area contributed by atoms with Gasteiger partial charge in [0.1, 0.15) is 0 Å². The minimum atomic E-state index is -0.690. The number of carboxylic acids is 1. The van der Waals surface area contributed by atoms with Gasteiger partial charge in [-0.05, 0) is 57.3 Å². The summed E-state index contributed by atoms with van der Waals surface area (Å²) in [6.45, 7) is 3.13. The molecule has 27 heavy (non-hydrogen) atoms. The number of hydrogen-bond donors (Lipinski definition) is 1. The van der Waals surface area contributed by atoms with Gasteiger partial charge in [0.2, 0.25) is 0 Å². The van der Waals surface area contributed by atoms with Crippen LogP contribution < -0.4 is 0 Å². The molecule has 1 saturated carbocycles. The highest BCUT2D eigenvalue weighted by atomic mass is 16.5. The number of allylic oxidation sites excluding steroid dienone is 2. The van der Waals surface area contributed by atoms with Crippen LogP contribution in [0.2, 0.25) is 0 Å². The Morgan fingerprint density at radius 1 is 1.04 bits per heavy atom. The molecule has 1 aliphatic carbocycles. The fraction of sp³-hybridized carbons (Fsp3) is 0.792. The second-order valence-corrected chi connectivity index (χ2v) is 8.40. The van der Waals surface area contributed by atoms with E-state index >= 15 is 0 Å². The lowest BCUT2D eigenvalue weighted by Crippen LogP contribution is -2.39. The molecule has 2 rings (SSSR count). The van der Waals surface area contributed by atoms with Gasteiger partial charge in [0.15, 0.2) is 0 Å². The van der Waals surface area contributed by atoms with Gasteiger partial charge in [0.25, 0.3) is 0 Å². The van der Waals surface area contributed by atoms with Crippen molar-refractivity contribution in [3.05, 3.63) is 24.3 Å². The molecule has 0 radical (unpaired) electrons. The molecule has 1 saturated heterocycles. The molecule has 0 bridgehead atoms. The Morgan fingerprint density at radius 3 is 2.52 bits per heavy atom. The lowest BCUT2D eigenvalue weighted by molar-refractivity contribution is -0.137. The third-order valence-electron chi connectivity index (χ3n) is 6.34. The van der Waals surface area contributed by atoms with Gasteiger partial charge in [0.05, 0.1) is 5.60 Å². The van der Waals surface area contributed by atoms with Crippen molar-refractivity contribution in [2.24, 2.45) is 11.8 Å². The highest BCUT2D eigenvalue weighted by Crippen LogP contribution is 2.47. The topological polar surface area (TPSA) is 46.5 Å². The van der Waals surface area contributed by atoms with Crippen LogP contribution in [-0.2, 0) is 9.53 Å². The van der Waals surface area contributed by atoms with Crippen LogP contribution in [0.1, 0.15) is 96.8 Å². The first-order valence-electron chi connectivity index (χ1n) is 11.4. The maximum atomic E-state index is 10.6. The third-order valence-corrected chi connectivity index (χ3v) is 6.34. The van der Waals surface area contributed by atoms with Crippen molar-refractivity contribution in [1.82, 2.24) is 0 Å². The maximum Gasteiger partial charge on any atom is 0.303 e. The number of rotatable bonds is 13. The van der Waals surface area contributed by atoms with Gasteiger partial charge in [0, 0.05) is 18.9 Å². The van der Waals surface area contributed by atoms with E-state index in [0.717, 1.165) is 32.3 Å². The number of carboxylic acid groups (broad SMARTS) is 1. The Balaban J connectivity index is 1.92. The second-order valence-electron chi connectivity index (χ2n) is 8.40. The van der Waals surface area contributed by atoms with Crippen molar-refractivity contribution in [3.63, 3.8) is 0 Å². The van der Waals surface area contributed by atoms with E-state index in [4.69, 9.17) is 9.84 Å². The Morgan fingerprint density at radius 2 is 1.78 bits per heavy atom. The summed E-state index contributed by atoms with van der Waals surface area (Å²) in [7, 11) is 0. The van der Waals surface area contributed by atoms with Crippen molar-refractivity contribution < 1.29 is 14.6 Å². The molecule has 1 aliphatic heterocycles. The fourth-order valence-electron chi connectivity index (χ4n) is 4.80. The Kier molecular flexibility index (Phi) is 10.2. The molecule has 0 aromatic carbocycles. The van der Waals surface area contributed by atoms with Crippen LogP contribution >= 0.6 is 0 Å². The molecule has 2 atom stereocenters. The summed E-state index contributed by atoms with van der Waals surface area (Å²) >= 11 is 0. The van der Waals surface area contributed by atoms with Crippen LogP contribution in [0, 0.1) is 11.8 Å². The molecule has 154 valence electrons. The number of unbranched alkanes of at least 4 members (excludes halogenated alkanes) is 6. The van der Waals surface area contributed by atoms with Crippen LogP contribution in [0.25, 0.3) is 0 Å². The molecule has 0 amide bonds. The van der Waals surface area contributed by atoms with Crippen molar-refractivity contribution in [1.29, 1.82) is 0 Å². The minimum absolute atomic E-state index is 0.108. The van der Waals surface area contributed by atoms with Gasteiger partial charge in [-0.1, -0.05) is 63.3 Å². The van der Waals surface area contributed by atoms with E-state index in [1.54, 1.807) is 0 Å². The van der Waals surface area contributed by atoms with Gasteiger partial charge >= 0.3 is 5.97 Å². The lowest BCUT2D eigenvalue weighted by Gasteiger charge is -2.36. The smallest absolute Gasteiger partial charge is 0.303 e. The molecule has 2 fully saturated rings. The molecule has 1 heterocycles. The summed E-state index contributed by atoms with van der Waals surface area (Å²) in [5.74, 6) is 0.455. The van der Waals surface area contributed by atoms with Gasteiger partial charge in [-0.2, -0.15) is 0 Å². The first kappa shape index (κ1) is 22.2. The fourth-order valence-corrected chi connectivity index (χ4v) is 4.80. The van der Waals surface area contributed by atoms with E-state index in [1.165, 1.54) is 57.8 Å². The predicted octanol–water partition coefficient (Wildman–Crippen LogP) is 6.68. The second kappa shape index (κ2) is 12.4. The zero-order valence-corrected chi connectivity index (χ0v) is 17.3. The van der Waals surface area contributed by atoms with Gasteiger partial charge in [-0.25, -0.2) is 0 Å². The third kappa shape index (κ3) is 7.10. The summed E-state index contributed by atoms with van der Waals surface area (Å²) in [5, 5.41) is 8.77. The van der Waals surface area contributed by atoms with Crippen LogP contribution in [0.4, 0.5) is 0 Å². The summed E-state index contributed by atoms with van der Waals surface area (Å²) in [5.41, 5.74) is -0.108. The standard InChI is InChI=1S/C24H40O3/c1-2-3-4-5-6-9-14-22-18-20-27-24(22,21-15-11-12-16-21)19-13-8-7-10-17-23(25)26/h9,13-14,19,21-22H,2-8,10-12,15-18,20H2,1H3,(H,25,26)/b14-9+,19-13?. The first-order valence-corrected chi connectivity index (χ1v) is 11.4. The summed E-state index contributed by atoms with van der Waals surface area (Å²) in [6, 6.07) is 0. The highest BCUT2D eigenvalue weighted by Gasteiger charge is 2.47. The number of hydrogen-bond acceptors (Lipinski definition) is 2. The van der Waals surface area contributed by atoms with Crippen LogP contribution in [0.15, 0.2) is 24.3 Å². The molecular formula is C24H40O3. The summed E-state index contributed by atoms with van der Waals surface area (Å²) in [4.78, 5) is 10.6. The Hall–Kier alpha value is -1.09. The first-order chi connectivity index (χ1) is 13.2. The van der Waals surface area contributed by atoms with E-state index in [1.807, 2.05) is 0 Å². The molecular weight excluding hydrogens is 336 g/mol. The van der Waals surface area contributed by atoms with Crippen molar-refractivity contribution >= 4 is 5.97 Å². The molecule has 0 aromatic heterocycles. The van der Waals surface area contributed by atoms with E-state index < -0.39 is 5.97 Å². The summed E-state index contributed by atoms with van der Waals surface area (Å²) in [6.07, 6.45) is 25.3. The predicted molar refractivity (Wildman–Crippen MR) is 112 cm³/mol. The zero-order valence-electron chi connectivity index (χ0n) is 17.3. The highest BCUT2D eigenvalue weighted by molar-refractivity contribution is 5.66. The molecule has 3 nitrogen and oxygen atoms in total. The largest absolute Gasteiger partial charge is 0.481 e. The zero-order chi connectivity index (χ0) is 19.4. The van der Waals surface area contributed by atoms with Gasteiger partial charge in [-0.15, -0.1) is 0 Å². The Labute approximate surface area is 166 Å². The number of ether oxygens (including phenoxy) is 1. The van der Waals surface area contributed by atoms with Crippen molar-refractivity contribution in [2.45, 2.75) is 102 Å². The molecule has 2 unspecified atom stereocenters. The van der Waals surface area contributed by atoms with Gasteiger partial charge in [-0.3, -0.25) is 4.79 Å². The van der Waals surface area contributed by atoms with E-state index in [0.29, 0.717) is 11.8 Å². The summed E-state index contributed by atoms with van der Waals surface area (Å²) < 4.78 is 6.45. The minimum Gasteiger partial charge on any atom is -0.481 e. The molecule has 1 N–H and O–H groups in total.